The van der Waals surface area contributed by atoms with E-state index in [-0.39, 0.29) is 5.43 Å². The first-order valence-corrected chi connectivity index (χ1v) is 8.26. The fourth-order valence-corrected chi connectivity index (χ4v) is 4.34. The number of ether oxygens (including phenoxy) is 1. The molecule has 1 atom stereocenters. The van der Waals surface area contributed by atoms with Crippen molar-refractivity contribution in [2.75, 3.05) is 6.61 Å². The van der Waals surface area contributed by atoms with E-state index in [1.165, 1.54) is 11.3 Å². The van der Waals surface area contributed by atoms with Crippen LogP contribution in [0.25, 0.3) is 10.1 Å². The van der Waals surface area contributed by atoms with E-state index in [4.69, 9.17) is 4.74 Å². The first-order valence-electron chi connectivity index (χ1n) is 7.44. The summed E-state index contributed by atoms with van der Waals surface area (Å²) in [6.45, 7) is 4.88. The van der Waals surface area contributed by atoms with Crippen molar-refractivity contribution >= 4 is 21.4 Å². The molecule has 1 aromatic carbocycles. The van der Waals surface area contributed by atoms with Crippen LogP contribution in [-0.4, -0.2) is 6.61 Å². The molecular weight excluding hydrogens is 268 g/mol. The zero-order chi connectivity index (χ0) is 14.1. The second kappa shape index (κ2) is 5.57. The zero-order valence-electron chi connectivity index (χ0n) is 12.1. The number of benzene rings is 1. The predicted octanol–water partition coefficient (Wildman–Crippen LogP) is 4.18. The third-order valence-electron chi connectivity index (χ3n) is 4.21. The van der Waals surface area contributed by atoms with Gasteiger partial charge < -0.3 is 4.74 Å². The van der Waals surface area contributed by atoms with Gasteiger partial charge in [0.05, 0.1) is 6.61 Å². The summed E-state index contributed by atoms with van der Waals surface area (Å²) < 4.78 is 6.61. The molecule has 3 heteroatoms. The maximum Gasteiger partial charge on any atom is 0.191 e. The zero-order valence-corrected chi connectivity index (χ0v) is 12.9. The van der Waals surface area contributed by atoms with Crippen LogP contribution in [0.5, 0.6) is 5.75 Å². The minimum Gasteiger partial charge on any atom is -0.494 e. The molecule has 1 aliphatic carbocycles. The summed E-state index contributed by atoms with van der Waals surface area (Å²) in [5.41, 5.74) is 1.31. The number of rotatable bonds is 3. The maximum atomic E-state index is 12.6. The average Bonchev–Trinajstić information content (AvgIpc) is 2.47. The van der Waals surface area contributed by atoms with Crippen LogP contribution in [0.1, 0.15) is 37.1 Å². The molecule has 0 bridgehead atoms. The summed E-state index contributed by atoms with van der Waals surface area (Å²) in [7, 11) is 0. The van der Waals surface area contributed by atoms with E-state index >= 15 is 0 Å². The number of hydrogen-bond donors (Lipinski definition) is 0. The van der Waals surface area contributed by atoms with Crippen LogP contribution in [0.15, 0.2) is 23.0 Å². The Hall–Kier alpha value is -1.35. The second-order valence-corrected chi connectivity index (χ2v) is 6.58. The van der Waals surface area contributed by atoms with Gasteiger partial charge in [0.2, 0.25) is 0 Å². The lowest BCUT2D eigenvalue weighted by molar-refractivity contribution is 0.341. The molecule has 0 saturated carbocycles. The molecule has 1 aromatic heterocycles. The Morgan fingerprint density at radius 1 is 1.35 bits per heavy atom. The highest BCUT2D eigenvalue weighted by molar-refractivity contribution is 7.18. The first-order chi connectivity index (χ1) is 9.72. The Balaban J connectivity index is 2.13. The van der Waals surface area contributed by atoms with E-state index in [2.05, 4.69) is 6.92 Å². The van der Waals surface area contributed by atoms with Crippen molar-refractivity contribution in [1.82, 2.24) is 0 Å². The standard InChI is InChI=1S/C17H20O2S/c1-3-11-5-7-13-15(9-11)20-16-10-12(19-4-2)6-8-14(16)17(13)18/h6,8,10-11H,3-5,7,9H2,1-2H3. The van der Waals surface area contributed by atoms with Crippen LogP contribution < -0.4 is 10.2 Å². The Morgan fingerprint density at radius 3 is 2.95 bits per heavy atom. The fraction of sp³-hybridized carbons (Fsp3) is 0.471. The van der Waals surface area contributed by atoms with Gasteiger partial charge in [-0.3, -0.25) is 4.79 Å². The summed E-state index contributed by atoms with van der Waals surface area (Å²) in [4.78, 5) is 13.9. The summed E-state index contributed by atoms with van der Waals surface area (Å²) in [6.07, 6.45) is 4.39. The molecule has 106 valence electrons. The molecule has 0 saturated heterocycles. The van der Waals surface area contributed by atoms with E-state index < -0.39 is 0 Å². The van der Waals surface area contributed by atoms with Crippen LogP contribution in [-0.2, 0) is 12.8 Å². The molecule has 1 heterocycles. The van der Waals surface area contributed by atoms with Crippen molar-refractivity contribution in [2.45, 2.75) is 39.5 Å². The monoisotopic (exact) mass is 288 g/mol. The summed E-state index contributed by atoms with van der Waals surface area (Å²) >= 11 is 1.78. The Labute approximate surface area is 123 Å². The lowest BCUT2D eigenvalue weighted by Crippen LogP contribution is -2.20. The van der Waals surface area contributed by atoms with Crippen molar-refractivity contribution in [3.05, 3.63) is 38.9 Å². The molecule has 20 heavy (non-hydrogen) atoms. The maximum absolute atomic E-state index is 12.6. The van der Waals surface area contributed by atoms with Gasteiger partial charge in [-0.1, -0.05) is 13.3 Å². The molecule has 0 N–H and O–H groups in total. The smallest absolute Gasteiger partial charge is 0.191 e. The van der Waals surface area contributed by atoms with Crippen molar-refractivity contribution in [3.63, 3.8) is 0 Å². The highest BCUT2D eigenvalue weighted by Gasteiger charge is 2.21. The molecule has 0 amide bonds. The molecular formula is C17H20O2S. The van der Waals surface area contributed by atoms with E-state index in [9.17, 15) is 4.79 Å². The van der Waals surface area contributed by atoms with Crippen LogP contribution >= 0.6 is 11.3 Å². The number of fused-ring (bicyclic) bond motifs is 2. The molecule has 1 unspecified atom stereocenters. The molecule has 2 aromatic rings. The van der Waals surface area contributed by atoms with Crippen molar-refractivity contribution in [3.8, 4) is 5.75 Å². The lowest BCUT2D eigenvalue weighted by Gasteiger charge is -2.22. The summed E-state index contributed by atoms with van der Waals surface area (Å²) in [5.74, 6) is 1.60. The fourth-order valence-electron chi connectivity index (χ4n) is 2.99. The van der Waals surface area contributed by atoms with E-state index in [0.29, 0.717) is 6.61 Å². The van der Waals surface area contributed by atoms with Crippen LogP contribution in [0.3, 0.4) is 0 Å². The van der Waals surface area contributed by atoms with Gasteiger partial charge in [-0.15, -0.1) is 11.3 Å². The Kier molecular flexibility index (Phi) is 3.79. The highest BCUT2D eigenvalue weighted by atomic mass is 32.1. The van der Waals surface area contributed by atoms with E-state index in [0.717, 1.165) is 46.6 Å². The van der Waals surface area contributed by atoms with Crippen molar-refractivity contribution < 1.29 is 4.74 Å². The number of hydrogen-bond acceptors (Lipinski definition) is 3. The summed E-state index contributed by atoms with van der Waals surface area (Å²) in [6, 6.07) is 5.84. The first kappa shape index (κ1) is 13.6. The molecule has 3 rings (SSSR count). The van der Waals surface area contributed by atoms with Crippen LogP contribution in [0, 0.1) is 5.92 Å². The average molecular weight is 288 g/mol. The predicted molar refractivity (Wildman–Crippen MR) is 85.1 cm³/mol. The third kappa shape index (κ3) is 2.35. The molecule has 0 aliphatic heterocycles. The lowest BCUT2D eigenvalue weighted by atomic mass is 9.87. The van der Waals surface area contributed by atoms with E-state index in [1.54, 1.807) is 11.3 Å². The molecule has 0 fully saturated rings. The van der Waals surface area contributed by atoms with Crippen molar-refractivity contribution in [1.29, 1.82) is 0 Å². The van der Waals surface area contributed by atoms with E-state index in [1.807, 2.05) is 25.1 Å². The van der Waals surface area contributed by atoms with Gasteiger partial charge in [0.1, 0.15) is 5.75 Å². The van der Waals surface area contributed by atoms with Gasteiger partial charge in [-0.25, -0.2) is 0 Å². The second-order valence-electron chi connectivity index (χ2n) is 5.44. The van der Waals surface area contributed by atoms with Gasteiger partial charge in [0.25, 0.3) is 0 Å². The minimum absolute atomic E-state index is 0.242. The largest absolute Gasteiger partial charge is 0.494 e. The van der Waals surface area contributed by atoms with Gasteiger partial charge in [-0.05, 0) is 50.3 Å². The summed E-state index contributed by atoms with van der Waals surface area (Å²) in [5, 5.41) is 0.854. The van der Waals surface area contributed by atoms with Crippen LogP contribution in [0.2, 0.25) is 0 Å². The Bertz CT molecular complexity index is 687. The quantitative estimate of drug-likeness (QED) is 0.847. The SMILES string of the molecule is CCOc1ccc2c(=O)c3c(sc2c1)CC(CC)CC3. The molecule has 0 radical (unpaired) electrons. The minimum atomic E-state index is 0.242. The molecule has 0 spiro atoms. The highest BCUT2D eigenvalue weighted by Crippen LogP contribution is 2.33. The molecule has 2 nitrogen and oxygen atoms in total. The third-order valence-corrected chi connectivity index (χ3v) is 5.42. The Morgan fingerprint density at radius 2 is 2.20 bits per heavy atom. The van der Waals surface area contributed by atoms with Gasteiger partial charge in [0.15, 0.2) is 5.43 Å². The topological polar surface area (TPSA) is 26.3 Å². The van der Waals surface area contributed by atoms with Crippen molar-refractivity contribution in [2.24, 2.45) is 5.92 Å². The van der Waals surface area contributed by atoms with Gasteiger partial charge in [-0.2, -0.15) is 0 Å². The van der Waals surface area contributed by atoms with Gasteiger partial charge >= 0.3 is 0 Å². The van der Waals surface area contributed by atoms with Gasteiger partial charge in [0, 0.05) is 20.5 Å². The van der Waals surface area contributed by atoms with Crippen LogP contribution in [0.4, 0.5) is 0 Å². The molecule has 1 aliphatic rings. The normalized spacial score (nSPS) is 18.0.